The Morgan fingerprint density at radius 1 is 1.05 bits per heavy atom. The molecule has 1 N–H and O–H groups in total. The van der Waals surface area contributed by atoms with Gasteiger partial charge in [-0.05, 0) is 31.2 Å². The molecule has 0 radical (unpaired) electrons. The lowest BCUT2D eigenvalue weighted by Crippen LogP contribution is -2.25. The fraction of sp³-hybridized carbons (Fsp3) is 0.185. The first-order chi connectivity index (χ1) is 19.3. The van der Waals surface area contributed by atoms with Gasteiger partial charge in [0, 0.05) is 29.1 Å². The van der Waals surface area contributed by atoms with Gasteiger partial charge in [-0.2, -0.15) is 0 Å². The van der Waals surface area contributed by atoms with Crippen LogP contribution >= 0.6 is 22.9 Å². The molecule has 4 aromatic heterocycles. The van der Waals surface area contributed by atoms with Gasteiger partial charge in [0.05, 0.1) is 49.6 Å². The number of hydrogen-bond acceptors (Lipinski definition) is 10. The van der Waals surface area contributed by atoms with Crippen molar-refractivity contribution in [2.75, 3.05) is 19.5 Å². The summed E-state index contributed by atoms with van der Waals surface area (Å²) in [4.78, 5) is 46.1. The number of carbonyl (C=O) groups excluding carboxylic acids is 2. The Morgan fingerprint density at radius 3 is 2.67 bits per heavy atom. The maximum Gasteiger partial charge on any atom is 0.310 e. The molecule has 0 atom stereocenters. The number of nitrogens with one attached hydrogen (secondary N) is 1. The molecule has 0 saturated carbocycles. The molecule has 13 heteroatoms. The Hall–Kier alpha value is -4.55. The summed E-state index contributed by atoms with van der Waals surface area (Å²) in [5, 5.41) is 3.55. The average Bonchev–Trinajstić information content (AvgIpc) is 3.65. The summed E-state index contributed by atoms with van der Waals surface area (Å²) in [5.41, 5.74) is 4.00. The van der Waals surface area contributed by atoms with Gasteiger partial charge in [-0.25, -0.2) is 15.0 Å². The standard InChI is InChI=1S/C27H21ClN6O5S/c1-13-6-15(16-8-23(28)30-10-21(16)38-3)17(9-29-13)24(35)33-27-32-19-11-34(12-22(19)40-27)26(36)25-31-18-7-14(37-2)4-5-20(18)39-25/h4-10H,11-12H2,1-3H3,(H,32,33,35). The van der Waals surface area contributed by atoms with Crippen molar-refractivity contribution < 1.29 is 23.5 Å². The van der Waals surface area contributed by atoms with Crippen molar-refractivity contribution in [3.63, 3.8) is 0 Å². The quantitative estimate of drug-likeness (QED) is 0.273. The Balaban J connectivity index is 1.20. The van der Waals surface area contributed by atoms with Crippen LogP contribution in [0.2, 0.25) is 5.15 Å². The molecule has 0 saturated heterocycles. The van der Waals surface area contributed by atoms with E-state index < -0.39 is 0 Å². The largest absolute Gasteiger partial charge is 0.497 e. The molecule has 2 amide bonds. The van der Waals surface area contributed by atoms with Gasteiger partial charge in [0.15, 0.2) is 10.7 Å². The van der Waals surface area contributed by atoms with Gasteiger partial charge < -0.3 is 18.8 Å². The molecule has 0 aliphatic carbocycles. The molecule has 0 fully saturated rings. The maximum atomic E-state index is 13.4. The highest BCUT2D eigenvalue weighted by atomic mass is 35.5. The molecule has 0 bridgehead atoms. The zero-order valence-electron chi connectivity index (χ0n) is 21.5. The van der Waals surface area contributed by atoms with Crippen molar-refractivity contribution in [2.24, 2.45) is 0 Å². The second-order valence-electron chi connectivity index (χ2n) is 8.94. The summed E-state index contributed by atoms with van der Waals surface area (Å²) in [5.74, 6) is 0.364. The van der Waals surface area contributed by atoms with E-state index in [4.69, 9.17) is 25.5 Å². The number of halogens is 1. The maximum absolute atomic E-state index is 13.4. The predicted molar refractivity (Wildman–Crippen MR) is 148 cm³/mol. The number of aromatic nitrogens is 4. The number of oxazole rings is 1. The van der Waals surface area contributed by atoms with Crippen LogP contribution in [0.4, 0.5) is 5.13 Å². The van der Waals surface area contributed by atoms with Crippen LogP contribution in [0.1, 0.15) is 37.3 Å². The van der Waals surface area contributed by atoms with Gasteiger partial charge in [0.25, 0.3) is 11.8 Å². The summed E-state index contributed by atoms with van der Waals surface area (Å²) in [6.45, 7) is 2.43. The zero-order valence-corrected chi connectivity index (χ0v) is 23.1. The molecule has 0 spiro atoms. The van der Waals surface area contributed by atoms with E-state index in [-0.39, 0.29) is 29.4 Å². The van der Waals surface area contributed by atoms with E-state index in [0.29, 0.717) is 56.7 Å². The van der Waals surface area contributed by atoms with E-state index in [2.05, 4.69) is 25.3 Å². The summed E-state index contributed by atoms with van der Waals surface area (Å²) in [7, 11) is 3.08. The van der Waals surface area contributed by atoms with Crippen molar-refractivity contribution in [3.05, 3.63) is 75.6 Å². The minimum Gasteiger partial charge on any atom is -0.497 e. The molecule has 1 aromatic carbocycles. The zero-order chi connectivity index (χ0) is 28.0. The Labute approximate surface area is 236 Å². The molecule has 1 aliphatic rings. The number of ether oxygens (including phenoxy) is 2. The molecule has 202 valence electrons. The molecule has 1 aliphatic heterocycles. The summed E-state index contributed by atoms with van der Waals surface area (Å²) in [6.07, 6.45) is 3.01. The van der Waals surface area contributed by atoms with Crippen LogP contribution in [0.25, 0.3) is 22.2 Å². The number of anilines is 1. The van der Waals surface area contributed by atoms with Gasteiger partial charge in [0.2, 0.25) is 0 Å². The lowest BCUT2D eigenvalue weighted by molar-refractivity contribution is 0.0713. The molecule has 5 heterocycles. The first-order valence-electron chi connectivity index (χ1n) is 12.0. The Morgan fingerprint density at radius 2 is 1.90 bits per heavy atom. The van der Waals surface area contributed by atoms with Crippen LogP contribution in [0, 0.1) is 6.92 Å². The lowest BCUT2D eigenvalue weighted by atomic mass is 10.0. The third-order valence-corrected chi connectivity index (χ3v) is 7.57. The van der Waals surface area contributed by atoms with E-state index in [1.807, 2.05) is 6.92 Å². The summed E-state index contributed by atoms with van der Waals surface area (Å²) in [6, 6.07) is 8.59. The monoisotopic (exact) mass is 576 g/mol. The number of carbonyl (C=O) groups is 2. The Bertz CT molecular complexity index is 1780. The number of benzene rings is 1. The highest BCUT2D eigenvalue weighted by Gasteiger charge is 2.31. The first kappa shape index (κ1) is 25.7. The number of rotatable bonds is 6. The molecular weight excluding hydrogens is 556 g/mol. The number of thiazole rings is 1. The van der Waals surface area contributed by atoms with Crippen molar-refractivity contribution in [1.82, 2.24) is 24.8 Å². The fourth-order valence-corrected chi connectivity index (χ4v) is 5.56. The number of hydrogen-bond donors (Lipinski definition) is 1. The Kier molecular flexibility index (Phi) is 6.56. The van der Waals surface area contributed by atoms with E-state index in [1.54, 1.807) is 42.3 Å². The first-order valence-corrected chi connectivity index (χ1v) is 13.2. The van der Waals surface area contributed by atoms with Gasteiger partial charge in [0.1, 0.15) is 22.2 Å². The minimum atomic E-state index is -0.389. The second-order valence-corrected chi connectivity index (χ2v) is 10.4. The number of pyridine rings is 2. The molecule has 11 nitrogen and oxygen atoms in total. The highest BCUT2D eigenvalue weighted by Crippen LogP contribution is 2.36. The van der Waals surface area contributed by atoms with E-state index in [0.717, 1.165) is 10.6 Å². The van der Waals surface area contributed by atoms with Crippen molar-refractivity contribution >= 4 is 51.0 Å². The van der Waals surface area contributed by atoms with E-state index in [9.17, 15) is 9.59 Å². The van der Waals surface area contributed by atoms with Gasteiger partial charge in [-0.1, -0.05) is 22.9 Å². The van der Waals surface area contributed by atoms with Crippen LogP contribution in [-0.2, 0) is 13.1 Å². The van der Waals surface area contributed by atoms with Crippen molar-refractivity contribution in [2.45, 2.75) is 20.0 Å². The van der Waals surface area contributed by atoms with Crippen LogP contribution < -0.4 is 14.8 Å². The van der Waals surface area contributed by atoms with Gasteiger partial charge >= 0.3 is 5.91 Å². The molecule has 40 heavy (non-hydrogen) atoms. The van der Waals surface area contributed by atoms with Crippen molar-refractivity contribution in [3.8, 4) is 22.6 Å². The number of aryl methyl sites for hydroxylation is 1. The van der Waals surface area contributed by atoms with Crippen LogP contribution in [-0.4, -0.2) is 50.9 Å². The average molecular weight is 577 g/mol. The number of amides is 2. The molecular formula is C27H21ClN6O5S. The van der Waals surface area contributed by atoms with Crippen molar-refractivity contribution in [1.29, 1.82) is 0 Å². The van der Waals surface area contributed by atoms with Gasteiger partial charge in [-0.15, -0.1) is 0 Å². The van der Waals surface area contributed by atoms with Gasteiger partial charge in [-0.3, -0.25) is 19.9 Å². The second kappa shape index (κ2) is 10.2. The smallest absolute Gasteiger partial charge is 0.310 e. The van der Waals surface area contributed by atoms with Crippen LogP contribution in [0.15, 0.2) is 47.1 Å². The fourth-order valence-electron chi connectivity index (χ4n) is 4.42. The van der Waals surface area contributed by atoms with E-state index >= 15 is 0 Å². The number of nitrogens with zero attached hydrogens (tertiary/aromatic N) is 5. The summed E-state index contributed by atoms with van der Waals surface area (Å²) < 4.78 is 16.3. The normalized spacial score (nSPS) is 12.4. The topological polar surface area (TPSA) is 133 Å². The molecule has 6 rings (SSSR count). The van der Waals surface area contributed by atoms with Crippen LogP contribution in [0.3, 0.4) is 0 Å². The SMILES string of the molecule is COc1ccc2oc(C(=O)N3Cc4nc(NC(=O)c5cnc(C)cc5-c5cc(Cl)ncc5OC)sc4C3)nc2c1. The third-order valence-electron chi connectivity index (χ3n) is 6.37. The third kappa shape index (κ3) is 4.71. The minimum absolute atomic E-state index is 0.00187. The lowest BCUT2D eigenvalue weighted by Gasteiger charge is -2.14. The predicted octanol–water partition coefficient (Wildman–Crippen LogP) is 5.13. The number of methoxy groups -OCH3 is 2. The molecule has 0 unspecified atom stereocenters. The molecule has 5 aromatic rings. The highest BCUT2D eigenvalue weighted by molar-refractivity contribution is 7.16. The van der Waals surface area contributed by atoms with Crippen LogP contribution in [0.5, 0.6) is 11.5 Å². The summed E-state index contributed by atoms with van der Waals surface area (Å²) >= 11 is 7.45. The number of fused-ring (bicyclic) bond motifs is 2. The van der Waals surface area contributed by atoms with E-state index in [1.165, 1.54) is 30.8 Å².